The molecule has 0 saturated heterocycles. The minimum atomic E-state index is 0.202. The van der Waals surface area contributed by atoms with Crippen LogP contribution >= 0.6 is 0 Å². The highest BCUT2D eigenvalue weighted by Crippen LogP contribution is 2.22. The molecule has 2 aromatic rings. The summed E-state index contributed by atoms with van der Waals surface area (Å²) >= 11 is 0. The third-order valence-electron chi connectivity index (χ3n) is 2.72. The van der Waals surface area contributed by atoms with E-state index in [9.17, 15) is 0 Å². The number of aromatic nitrogens is 2. The van der Waals surface area contributed by atoms with E-state index in [1.807, 2.05) is 36.5 Å². The zero-order valence-corrected chi connectivity index (χ0v) is 9.37. The highest BCUT2D eigenvalue weighted by atomic mass is 16.3. The molecule has 0 aliphatic carbocycles. The van der Waals surface area contributed by atoms with Crippen molar-refractivity contribution in [3.8, 4) is 11.4 Å². The van der Waals surface area contributed by atoms with Crippen molar-refractivity contribution in [3.05, 3.63) is 42.7 Å². The molecule has 84 valence electrons. The van der Waals surface area contributed by atoms with Gasteiger partial charge in [0.1, 0.15) is 5.82 Å². The normalized spacial score (nSPS) is 12.6. The minimum absolute atomic E-state index is 0.202. The quantitative estimate of drug-likeness (QED) is 0.852. The molecular formula is C13H16N2O. The van der Waals surface area contributed by atoms with Crippen LogP contribution in [-0.4, -0.2) is 21.3 Å². The molecule has 0 bridgehead atoms. The average molecular weight is 216 g/mol. The standard InChI is InChI=1S/C13H16N2O/c1-11(7-10-16)15-9-8-14-13(15)12-5-3-2-4-6-12/h2-6,8-9,11,16H,7,10H2,1H3. The summed E-state index contributed by atoms with van der Waals surface area (Å²) in [5, 5.41) is 8.96. The summed E-state index contributed by atoms with van der Waals surface area (Å²) in [6.07, 6.45) is 4.51. The van der Waals surface area contributed by atoms with E-state index in [-0.39, 0.29) is 12.6 Å². The van der Waals surface area contributed by atoms with Gasteiger partial charge >= 0.3 is 0 Å². The summed E-state index contributed by atoms with van der Waals surface area (Å²) in [6, 6.07) is 10.4. The van der Waals surface area contributed by atoms with E-state index in [1.165, 1.54) is 0 Å². The van der Waals surface area contributed by atoms with Gasteiger partial charge in [0.05, 0.1) is 0 Å². The molecule has 0 amide bonds. The number of rotatable bonds is 4. The van der Waals surface area contributed by atoms with Crippen LogP contribution in [0.4, 0.5) is 0 Å². The Kier molecular flexibility index (Phi) is 3.37. The summed E-state index contributed by atoms with van der Waals surface area (Å²) in [5.41, 5.74) is 1.11. The van der Waals surface area contributed by atoms with Gasteiger partial charge < -0.3 is 9.67 Å². The van der Waals surface area contributed by atoms with Gasteiger partial charge in [-0.2, -0.15) is 0 Å². The first-order valence-electron chi connectivity index (χ1n) is 5.52. The topological polar surface area (TPSA) is 38.0 Å². The second-order valence-corrected chi connectivity index (χ2v) is 3.89. The van der Waals surface area contributed by atoms with E-state index in [0.717, 1.165) is 17.8 Å². The van der Waals surface area contributed by atoms with Crippen molar-refractivity contribution in [2.75, 3.05) is 6.61 Å². The lowest BCUT2D eigenvalue weighted by molar-refractivity contribution is 0.263. The lowest BCUT2D eigenvalue weighted by Gasteiger charge is -2.15. The Balaban J connectivity index is 2.33. The Morgan fingerprint density at radius 3 is 2.75 bits per heavy atom. The first-order valence-corrected chi connectivity index (χ1v) is 5.52. The molecule has 3 nitrogen and oxygen atoms in total. The highest BCUT2D eigenvalue weighted by molar-refractivity contribution is 5.55. The maximum Gasteiger partial charge on any atom is 0.140 e. The zero-order valence-electron chi connectivity index (χ0n) is 9.37. The molecule has 1 atom stereocenters. The van der Waals surface area contributed by atoms with E-state index in [4.69, 9.17) is 5.11 Å². The van der Waals surface area contributed by atoms with Crippen LogP contribution in [0.5, 0.6) is 0 Å². The summed E-state index contributed by atoms with van der Waals surface area (Å²) in [6.45, 7) is 2.29. The molecular weight excluding hydrogens is 200 g/mol. The maximum absolute atomic E-state index is 8.96. The number of benzene rings is 1. The average Bonchev–Trinajstić information content (AvgIpc) is 2.79. The van der Waals surface area contributed by atoms with Gasteiger partial charge in [0, 0.05) is 30.6 Å². The van der Waals surface area contributed by atoms with Crippen LogP contribution in [0.2, 0.25) is 0 Å². The summed E-state index contributed by atoms with van der Waals surface area (Å²) in [4.78, 5) is 4.37. The van der Waals surface area contributed by atoms with Crippen LogP contribution < -0.4 is 0 Å². The smallest absolute Gasteiger partial charge is 0.140 e. The largest absolute Gasteiger partial charge is 0.396 e. The van der Waals surface area contributed by atoms with Crippen LogP contribution in [0, 0.1) is 0 Å². The fourth-order valence-corrected chi connectivity index (χ4v) is 1.81. The number of aliphatic hydroxyl groups is 1. The lowest BCUT2D eigenvalue weighted by Crippen LogP contribution is -2.07. The first-order chi connectivity index (χ1) is 7.83. The lowest BCUT2D eigenvalue weighted by atomic mass is 10.2. The van der Waals surface area contributed by atoms with Gasteiger partial charge in [-0.05, 0) is 13.3 Å². The second-order valence-electron chi connectivity index (χ2n) is 3.89. The first kappa shape index (κ1) is 10.9. The van der Waals surface area contributed by atoms with E-state index in [0.29, 0.717) is 0 Å². The molecule has 0 radical (unpaired) electrons. The predicted octanol–water partition coefficient (Wildman–Crippen LogP) is 2.49. The van der Waals surface area contributed by atoms with Crippen LogP contribution in [0.1, 0.15) is 19.4 Å². The van der Waals surface area contributed by atoms with Crippen molar-refractivity contribution in [1.29, 1.82) is 0 Å². The van der Waals surface area contributed by atoms with Crippen molar-refractivity contribution in [1.82, 2.24) is 9.55 Å². The Labute approximate surface area is 95.4 Å². The Hall–Kier alpha value is -1.61. The van der Waals surface area contributed by atoms with Crippen molar-refractivity contribution in [2.24, 2.45) is 0 Å². The highest BCUT2D eigenvalue weighted by Gasteiger charge is 2.10. The van der Waals surface area contributed by atoms with Crippen LogP contribution in [0.25, 0.3) is 11.4 Å². The molecule has 1 aromatic carbocycles. The number of nitrogens with zero attached hydrogens (tertiary/aromatic N) is 2. The van der Waals surface area contributed by atoms with Crippen molar-refractivity contribution < 1.29 is 5.11 Å². The Morgan fingerprint density at radius 1 is 1.31 bits per heavy atom. The maximum atomic E-state index is 8.96. The number of hydrogen-bond donors (Lipinski definition) is 1. The van der Waals surface area contributed by atoms with E-state index in [2.05, 4.69) is 16.5 Å². The molecule has 0 spiro atoms. The SMILES string of the molecule is CC(CCO)n1ccnc1-c1ccccc1. The van der Waals surface area contributed by atoms with E-state index in [1.54, 1.807) is 6.20 Å². The van der Waals surface area contributed by atoms with Crippen LogP contribution in [0.3, 0.4) is 0 Å². The minimum Gasteiger partial charge on any atom is -0.396 e. The van der Waals surface area contributed by atoms with Gasteiger partial charge in [0.2, 0.25) is 0 Å². The molecule has 0 fully saturated rings. The monoisotopic (exact) mass is 216 g/mol. The van der Waals surface area contributed by atoms with E-state index < -0.39 is 0 Å². The molecule has 1 aromatic heterocycles. The molecule has 1 unspecified atom stereocenters. The molecule has 16 heavy (non-hydrogen) atoms. The Bertz CT molecular complexity index is 436. The third kappa shape index (κ3) is 2.14. The Morgan fingerprint density at radius 2 is 2.06 bits per heavy atom. The molecule has 3 heteroatoms. The van der Waals surface area contributed by atoms with Crippen molar-refractivity contribution in [2.45, 2.75) is 19.4 Å². The summed E-state index contributed by atoms with van der Waals surface area (Å²) in [5.74, 6) is 0.960. The fourth-order valence-electron chi connectivity index (χ4n) is 1.81. The van der Waals surface area contributed by atoms with Gasteiger partial charge in [0.15, 0.2) is 0 Å². The molecule has 0 saturated carbocycles. The third-order valence-corrected chi connectivity index (χ3v) is 2.72. The number of imidazole rings is 1. The summed E-state index contributed by atoms with van der Waals surface area (Å²) in [7, 11) is 0. The molecule has 0 aliphatic heterocycles. The molecule has 2 rings (SSSR count). The molecule has 1 heterocycles. The van der Waals surface area contributed by atoms with Gasteiger partial charge in [-0.3, -0.25) is 0 Å². The number of hydrogen-bond acceptors (Lipinski definition) is 2. The van der Waals surface area contributed by atoms with Crippen LogP contribution in [-0.2, 0) is 0 Å². The van der Waals surface area contributed by atoms with Crippen molar-refractivity contribution in [3.63, 3.8) is 0 Å². The molecule has 0 aliphatic rings. The predicted molar refractivity (Wildman–Crippen MR) is 64.1 cm³/mol. The number of aliphatic hydroxyl groups excluding tert-OH is 1. The van der Waals surface area contributed by atoms with Gasteiger partial charge in [0.25, 0.3) is 0 Å². The second kappa shape index (κ2) is 4.94. The fraction of sp³-hybridized carbons (Fsp3) is 0.308. The van der Waals surface area contributed by atoms with Gasteiger partial charge in [-0.15, -0.1) is 0 Å². The van der Waals surface area contributed by atoms with Crippen LogP contribution in [0.15, 0.2) is 42.7 Å². The summed E-state index contributed by atoms with van der Waals surface area (Å²) < 4.78 is 2.10. The van der Waals surface area contributed by atoms with Gasteiger partial charge in [-0.1, -0.05) is 30.3 Å². The zero-order chi connectivity index (χ0) is 11.4. The van der Waals surface area contributed by atoms with Gasteiger partial charge in [-0.25, -0.2) is 4.98 Å². The van der Waals surface area contributed by atoms with Crippen molar-refractivity contribution >= 4 is 0 Å². The van der Waals surface area contributed by atoms with E-state index >= 15 is 0 Å². The molecule has 1 N–H and O–H groups in total.